The summed E-state index contributed by atoms with van der Waals surface area (Å²) in [5.74, 6) is -3.63. The number of aliphatic hydroxyl groups excluding tert-OH is 1. The molecule has 1 aromatic heterocycles. The molecule has 0 bridgehead atoms. The van der Waals surface area contributed by atoms with Crippen LogP contribution < -0.4 is 9.64 Å². The number of Topliss-reactive ketones (excluding diaryl/α,β-unsaturated/α-hetero) is 1. The average Bonchev–Trinajstić information content (AvgIpc) is 3.36. The molecule has 2 heterocycles. The minimum atomic E-state index is -1.06. The van der Waals surface area contributed by atoms with Crippen LogP contribution in [0.4, 0.5) is 13.9 Å². The van der Waals surface area contributed by atoms with E-state index in [1.165, 1.54) is 4.90 Å². The van der Waals surface area contributed by atoms with Crippen molar-refractivity contribution in [3.8, 4) is 5.75 Å². The van der Waals surface area contributed by atoms with E-state index in [-0.39, 0.29) is 28.1 Å². The van der Waals surface area contributed by atoms with Gasteiger partial charge in [-0.2, -0.15) is 0 Å². The Balaban J connectivity index is 1.67. The molecule has 1 unspecified atom stereocenters. The minimum Gasteiger partial charge on any atom is -0.507 e. The molecule has 0 saturated carbocycles. The van der Waals surface area contributed by atoms with Crippen LogP contribution in [0.1, 0.15) is 36.6 Å². The van der Waals surface area contributed by atoms with Gasteiger partial charge >= 0.3 is 5.91 Å². The lowest BCUT2D eigenvalue weighted by Crippen LogP contribution is -2.29. The Hall–Kier alpha value is -4.11. The minimum absolute atomic E-state index is 0.0400. The van der Waals surface area contributed by atoms with Crippen LogP contribution in [0.25, 0.3) is 16.0 Å². The number of thiazole rings is 1. The number of hydrogen-bond acceptors (Lipinski definition) is 6. The van der Waals surface area contributed by atoms with Gasteiger partial charge in [-0.05, 0) is 56.7 Å². The van der Waals surface area contributed by atoms with Gasteiger partial charge in [-0.1, -0.05) is 41.2 Å². The molecule has 4 aromatic rings. The summed E-state index contributed by atoms with van der Waals surface area (Å²) < 4.78 is 33.6. The molecule has 37 heavy (non-hydrogen) atoms. The highest BCUT2D eigenvalue weighted by Gasteiger charge is 2.48. The van der Waals surface area contributed by atoms with Crippen LogP contribution in [0.5, 0.6) is 5.75 Å². The fourth-order valence-corrected chi connectivity index (χ4v) is 5.32. The molecule has 9 heteroatoms. The number of nitrogens with zero attached hydrogens (tertiary/aromatic N) is 2. The number of aryl methyl sites for hydroxylation is 1. The molecule has 1 aliphatic heterocycles. The third kappa shape index (κ3) is 4.46. The lowest BCUT2D eigenvalue weighted by atomic mass is 9.94. The molecule has 6 nitrogen and oxygen atoms in total. The number of aromatic nitrogens is 1. The summed E-state index contributed by atoms with van der Waals surface area (Å²) in [5, 5.41) is 11.4. The molecular formula is C28H22F2N2O4S. The summed E-state index contributed by atoms with van der Waals surface area (Å²) in [7, 11) is 0. The molecule has 0 aliphatic carbocycles. The largest absolute Gasteiger partial charge is 0.507 e. The first kappa shape index (κ1) is 24.6. The number of anilines is 1. The third-order valence-electron chi connectivity index (χ3n) is 5.93. The molecule has 1 amide bonds. The Labute approximate surface area is 215 Å². The van der Waals surface area contributed by atoms with Crippen molar-refractivity contribution in [2.75, 3.05) is 4.90 Å². The number of ketones is 1. The summed E-state index contributed by atoms with van der Waals surface area (Å²) >= 11 is 0.957. The molecule has 188 valence electrons. The number of aliphatic hydroxyl groups is 1. The zero-order valence-corrected chi connectivity index (χ0v) is 21.0. The quantitative estimate of drug-likeness (QED) is 0.190. The Morgan fingerprint density at radius 1 is 1.05 bits per heavy atom. The van der Waals surface area contributed by atoms with Crippen LogP contribution in [0, 0.1) is 18.6 Å². The number of carbonyl (C=O) groups is 2. The van der Waals surface area contributed by atoms with Gasteiger partial charge in [0.05, 0.1) is 27.9 Å². The van der Waals surface area contributed by atoms with E-state index >= 15 is 0 Å². The lowest BCUT2D eigenvalue weighted by Gasteiger charge is -2.23. The number of carbonyl (C=O) groups excluding carboxylic acids is 2. The Bertz CT molecular complexity index is 1540. The van der Waals surface area contributed by atoms with Crippen LogP contribution in [-0.4, -0.2) is 27.9 Å². The smallest absolute Gasteiger partial charge is 0.301 e. The van der Waals surface area contributed by atoms with Gasteiger partial charge in [0.25, 0.3) is 5.78 Å². The van der Waals surface area contributed by atoms with Gasteiger partial charge in [-0.15, -0.1) is 0 Å². The Kier molecular flexibility index (Phi) is 6.25. The highest BCUT2D eigenvalue weighted by molar-refractivity contribution is 7.22. The topological polar surface area (TPSA) is 79.7 Å². The van der Waals surface area contributed by atoms with Crippen molar-refractivity contribution in [3.05, 3.63) is 94.6 Å². The summed E-state index contributed by atoms with van der Waals surface area (Å²) in [5.41, 5.74) is 1.85. The summed E-state index contributed by atoms with van der Waals surface area (Å²) in [6.45, 7) is 5.65. The van der Waals surface area contributed by atoms with E-state index in [1.54, 1.807) is 36.4 Å². The molecule has 1 aliphatic rings. The highest BCUT2D eigenvalue weighted by Crippen LogP contribution is 2.44. The van der Waals surface area contributed by atoms with E-state index in [4.69, 9.17) is 4.74 Å². The fraction of sp³-hybridized carbons (Fsp3) is 0.179. The number of amides is 1. The van der Waals surface area contributed by atoms with E-state index in [1.807, 2.05) is 32.9 Å². The number of rotatable bonds is 5. The second kappa shape index (κ2) is 9.40. The average molecular weight is 521 g/mol. The zero-order chi connectivity index (χ0) is 26.4. The van der Waals surface area contributed by atoms with E-state index < -0.39 is 29.4 Å². The summed E-state index contributed by atoms with van der Waals surface area (Å²) in [6.07, 6.45) is -0.0400. The first-order valence-corrected chi connectivity index (χ1v) is 12.4. The van der Waals surface area contributed by atoms with Crippen molar-refractivity contribution in [1.82, 2.24) is 4.98 Å². The van der Waals surface area contributed by atoms with Gasteiger partial charge in [0.15, 0.2) is 16.8 Å². The number of ether oxygens (including phenoxy) is 1. The summed E-state index contributed by atoms with van der Waals surface area (Å²) in [4.78, 5) is 32.2. The van der Waals surface area contributed by atoms with Crippen molar-refractivity contribution in [2.24, 2.45) is 0 Å². The molecule has 5 rings (SSSR count). The van der Waals surface area contributed by atoms with Gasteiger partial charge in [0.2, 0.25) is 0 Å². The van der Waals surface area contributed by atoms with Crippen LogP contribution in [0.2, 0.25) is 0 Å². The molecule has 0 radical (unpaired) electrons. The predicted octanol–water partition coefficient (Wildman–Crippen LogP) is 6.30. The molecule has 1 fully saturated rings. The highest BCUT2D eigenvalue weighted by atomic mass is 32.1. The normalized spacial score (nSPS) is 17.2. The van der Waals surface area contributed by atoms with E-state index in [9.17, 15) is 23.5 Å². The predicted molar refractivity (Wildman–Crippen MR) is 138 cm³/mol. The number of fused-ring (bicyclic) bond motifs is 1. The first-order chi connectivity index (χ1) is 17.6. The number of halogens is 2. The SMILES string of the molecule is Cc1cccc(C2/C(=C(\O)c3ccc(OC(C)C)cc3)C(=O)C(=O)N2c2nc3cc(F)c(F)cc3s2)c1. The van der Waals surface area contributed by atoms with Gasteiger partial charge in [0.1, 0.15) is 11.5 Å². The molecular weight excluding hydrogens is 498 g/mol. The van der Waals surface area contributed by atoms with E-state index in [0.717, 1.165) is 29.0 Å². The van der Waals surface area contributed by atoms with Gasteiger partial charge in [-0.25, -0.2) is 13.8 Å². The van der Waals surface area contributed by atoms with Gasteiger partial charge in [-0.3, -0.25) is 14.5 Å². The van der Waals surface area contributed by atoms with Crippen LogP contribution in [0.3, 0.4) is 0 Å². The third-order valence-corrected chi connectivity index (χ3v) is 6.94. The molecule has 3 aromatic carbocycles. The second-order valence-corrected chi connectivity index (χ2v) is 10.0. The molecule has 0 spiro atoms. The van der Waals surface area contributed by atoms with Crippen molar-refractivity contribution in [2.45, 2.75) is 32.9 Å². The lowest BCUT2D eigenvalue weighted by molar-refractivity contribution is -0.132. The van der Waals surface area contributed by atoms with E-state index in [2.05, 4.69) is 4.98 Å². The first-order valence-electron chi connectivity index (χ1n) is 11.5. The van der Waals surface area contributed by atoms with Crippen LogP contribution >= 0.6 is 11.3 Å². The maximum atomic E-state index is 13.8. The van der Waals surface area contributed by atoms with Crippen LogP contribution in [-0.2, 0) is 9.59 Å². The summed E-state index contributed by atoms with van der Waals surface area (Å²) in [6, 6.07) is 14.7. The monoisotopic (exact) mass is 520 g/mol. The maximum absolute atomic E-state index is 13.8. The zero-order valence-electron chi connectivity index (χ0n) is 20.2. The van der Waals surface area contributed by atoms with Gasteiger partial charge in [0, 0.05) is 11.6 Å². The van der Waals surface area contributed by atoms with Crippen molar-refractivity contribution >= 4 is 44.1 Å². The Morgan fingerprint density at radius 2 is 1.76 bits per heavy atom. The van der Waals surface area contributed by atoms with Crippen molar-refractivity contribution < 1.29 is 28.2 Å². The van der Waals surface area contributed by atoms with E-state index in [0.29, 0.717) is 21.6 Å². The molecule has 1 N–H and O–H groups in total. The maximum Gasteiger partial charge on any atom is 0.301 e. The Morgan fingerprint density at radius 3 is 2.43 bits per heavy atom. The molecule has 1 atom stereocenters. The molecule has 1 saturated heterocycles. The van der Waals surface area contributed by atoms with Crippen molar-refractivity contribution in [3.63, 3.8) is 0 Å². The fourth-order valence-electron chi connectivity index (χ4n) is 4.32. The standard InChI is InChI=1S/C28H22F2N2O4S/c1-14(2)36-18-9-7-16(8-10-18)25(33)23-24(17-6-4-5-15(3)11-17)32(27(35)26(23)34)28-31-21-12-19(29)20(30)13-22(21)37-28/h4-14,24,33H,1-3H3/b25-23+. The number of benzene rings is 3. The number of hydrogen-bond donors (Lipinski definition) is 1. The second-order valence-electron chi connectivity index (χ2n) is 9.00. The van der Waals surface area contributed by atoms with Crippen LogP contribution in [0.15, 0.2) is 66.2 Å². The van der Waals surface area contributed by atoms with Crippen molar-refractivity contribution in [1.29, 1.82) is 0 Å². The van der Waals surface area contributed by atoms with Gasteiger partial charge < -0.3 is 9.84 Å².